The highest BCUT2D eigenvalue weighted by Gasteiger charge is 2.19. The average Bonchev–Trinajstić information content (AvgIpc) is 3.01. The third-order valence-corrected chi connectivity index (χ3v) is 4.44. The fourth-order valence-corrected chi connectivity index (χ4v) is 3.29. The van der Waals surface area contributed by atoms with Crippen LogP contribution >= 0.6 is 0 Å². The number of rotatable bonds is 6. The molecular weight excluding hydrogens is 378 g/mol. The lowest BCUT2D eigenvalue weighted by Crippen LogP contribution is -2.28. The van der Waals surface area contributed by atoms with E-state index in [0.717, 1.165) is 5.56 Å². The largest absolute Gasteiger partial charge is 0.435 e. The van der Waals surface area contributed by atoms with Gasteiger partial charge in [0.05, 0.1) is 16.8 Å². The molecule has 6 nitrogen and oxygen atoms in total. The van der Waals surface area contributed by atoms with Crippen LogP contribution < -0.4 is 15.4 Å². The third kappa shape index (κ3) is 4.14. The van der Waals surface area contributed by atoms with Crippen LogP contribution in [0.25, 0.3) is 22.2 Å². The number of nitrogens with zero attached hydrogens (tertiary/aromatic N) is 2. The van der Waals surface area contributed by atoms with Crippen LogP contribution in [0.15, 0.2) is 42.5 Å². The Balaban J connectivity index is 2.06. The quantitative estimate of drug-likeness (QED) is 0.617. The van der Waals surface area contributed by atoms with E-state index in [1.165, 1.54) is 12.1 Å². The number of hydrogen-bond donors (Lipinski definition) is 2. The molecule has 0 bridgehead atoms. The number of amides is 2. The van der Waals surface area contributed by atoms with E-state index in [4.69, 9.17) is 0 Å². The van der Waals surface area contributed by atoms with Crippen LogP contribution in [0, 0.1) is 11.3 Å². The first kappa shape index (κ1) is 20.1. The summed E-state index contributed by atoms with van der Waals surface area (Å²) in [6.07, 6.45) is 0. The molecule has 2 aromatic carbocycles. The Labute approximate surface area is 166 Å². The molecular formula is C21H20F2N4O2. The normalized spacial score (nSPS) is 10.8. The van der Waals surface area contributed by atoms with Crippen molar-refractivity contribution >= 4 is 22.6 Å². The molecule has 0 atom stereocenters. The van der Waals surface area contributed by atoms with E-state index < -0.39 is 6.61 Å². The zero-order valence-electron chi connectivity index (χ0n) is 16.0. The van der Waals surface area contributed by atoms with Crippen molar-refractivity contribution in [3.63, 3.8) is 0 Å². The second kappa shape index (κ2) is 8.61. The number of halogens is 2. The highest BCUT2D eigenvalue weighted by Crippen LogP contribution is 2.36. The van der Waals surface area contributed by atoms with Gasteiger partial charge in [0, 0.05) is 30.2 Å². The number of carbonyl (C=O) groups is 1. The summed E-state index contributed by atoms with van der Waals surface area (Å²) < 4.78 is 31.6. The Hall–Kier alpha value is -3.60. The summed E-state index contributed by atoms with van der Waals surface area (Å²) in [7, 11) is 0. The number of nitriles is 1. The molecule has 0 saturated carbocycles. The van der Waals surface area contributed by atoms with Gasteiger partial charge in [-0.2, -0.15) is 14.0 Å². The standard InChI is InChI=1S/C21H20F2N4O2/c1-3-25-21(28)26-14-7-5-13(6-8-14)19-17(12-24)16-10-9-15(29-20(22)23)11-18(16)27(19)4-2/h5-11,20H,3-4H2,1-2H3,(H2,25,26,28). The van der Waals surface area contributed by atoms with Crippen molar-refractivity contribution in [1.29, 1.82) is 5.26 Å². The van der Waals surface area contributed by atoms with Gasteiger partial charge in [0.1, 0.15) is 11.8 Å². The van der Waals surface area contributed by atoms with Gasteiger partial charge in [-0.25, -0.2) is 4.79 Å². The lowest BCUT2D eigenvalue weighted by atomic mass is 10.1. The number of hydrogen-bond acceptors (Lipinski definition) is 3. The van der Waals surface area contributed by atoms with Gasteiger partial charge in [-0.1, -0.05) is 12.1 Å². The van der Waals surface area contributed by atoms with Gasteiger partial charge in [0.2, 0.25) is 0 Å². The lowest BCUT2D eigenvalue weighted by molar-refractivity contribution is -0.0497. The summed E-state index contributed by atoms with van der Waals surface area (Å²) in [5.41, 5.74) is 3.17. The molecule has 150 valence electrons. The molecule has 0 aliphatic heterocycles. The summed E-state index contributed by atoms with van der Waals surface area (Å²) in [5.74, 6) is 0.0391. The van der Waals surface area contributed by atoms with E-state index in [9.17, 15) is 18.8 Å². The third-order valence-electron chi connectivity index (χ3n) is 4.44. The minimum absolute atomic E-state index is 0.0391. The monoisotopic (exact) mass is 398 g/mol. The number of nitrogens with one attached hydrogen (secondary N) is 2. The minimum Gasteiger partial charge on any atom is -0.435 e. The number of carbonyl (C=O) groups excluding carboxylic acids is 1. The zero-order chi connectivity index (χ0) is 21.0. The maximum Gasteiger partial charge on any atom is 0.387 e. The van der Waals surface area contributed by atoms with Crippen molar-refractivity contribution in [3.8, 4) is 23.1 Å². The molecule has 0 aliphatic carbocycles. The summed E-state index contributed by atoms with van der Waals surface area (Å²) in [6, 6.07) is 13.6. The fraction of sp³-hybridized carbons (Fsp3) is 0.238. The SMILES string of the molecule is CCNC(=O)Nc1ccc(-c2c(C#N)c3ccc(OC(F)F)cc3n2CC)cc1. The zero-order valence-corrected chi connectivity index (χ0v) is 16.0. The van der Waals surface area contributed by atoms with Crippen molar-refractivity contribution < 1.29 is 18.3 Å². The summed E-state index contributed by atoms with van der Waals surface area (Å²) >= 11 is 0. The predicted octanol–water partition coefficient (Wildman–Crippen LogP) is 4.94. The van der Waals surface area contributed by atoms with Crippen LogP contribution in [0.5, 0.6) is 5.75 Å². The van der Waals surface area contributed by atoms with Crippen molar-refractivity contribution in [1.82, 2.24) is 9.88 Å². The van der Waals surface area contributed by atoms with E-state index in [1.807, 2.05) is 18.4 Å². The van der Waals surface area contributed by atoms with Gasteiger partial charge in [-0.05, 0) is 43.7 Å². The van der Waals surface area contributed by atoms with Crippen LogP contribution in [0.1, 0.15) is 19.4 Å². The molecule has 0 spiro atoms. The van der Waals surface area contributed by atoms with Crippen LogP contribution in [0.3, 0.4) is 0 Å². The second-order valence-electron chi connectivity index (χ2n) is 6.20. The number of ether oxygens (including phenoxy) is 1. The van der Waals surface area contributed by atoms with Crippen molar-refractivity contribution in [2.45, 2.75) is 27.0 Å². The number of aromatic nitrogens is 1. The highest BCUT2D eigenvalue weighted by atomic mass is 19.3. The molecule has 1 heterocycles. The Morgan fingerprint density at radius 3 is 2.52 bits per heavy atom. The Bertz CT molecular complexity index is 1070. The Morgan fingerprint density at radius 2 is 1.93 bits per heavy atom. The molecule has 3 aromatic rings. The van der Waals surface area contributed by atoms with Gasteiger partial charge in [-0.15, -0.1) is 0 Å². The number of aryl methyl sites for hydroxylation is 1. The Morgan fingerprint density at radius 1 is 1.21 bits per heavy atom. The smallest absolute Gasteiger partial charge is 0.387 e. The van der Waals surface area contributed by atoms with E-state index in [1.54, 1.807) is 30.3 Å². The van der Waals surface area contributed by atoms with Gasteiger partial charge < -0.3 is 19.9 Å². The van der Waals surface area contributed by atoms with Crippen LogP contribution in [-0.2, 0) is 6.54 Å². The predicted molar refractivity (Wildman–Crippen MR) is 107 cm³/mol. The molecule has 8 heteroatoms. The van der Waals surface area contributed by atoms with E-state index >= 15 is 0 Å². The minimum atomic E-state index is -2.92. The molecule has 2 N–H and O–H groups in total. The first-order valence-corrected chi connectivity index (χ1v) is 9.14. The van der Waals surface area contributed by atoms with Crippen LogP contribution in [0.4, 0.5) is 19.3 Å². The summed E-state index contributed by atoms with van der Waals surface area (Å²) in [4.78, 5) is 11.7. The number of fused-ring (bicyclic) bond motifs is 1. The number of urea groups is 1. The molecule has 1 aromatic heterocycles. The fourth-order valence-electron chi connectivity index (χ4n) is 3.29. The first-order chi connectivity index (χ1) is 14.0. The molecule has 0 unspecified atom stereocenters. The molecule has 3 rings (SSSR count). The van der Waals surface area contributed by atoms with Crippen LogP contribution in [0.2, 0.25) is 0 Å². The van der Waals surface area contributed by atoms with Gasteiger partial charge in [-0.3, -0.25) is 0 Å². The number of benzene rings is 2. The lowest BCUT2D eigenvalue weighted by Gasteiger charge is -2.11. The molecule has 0 saturated heterocycles. The maximum absolute atomic E-state index is 12.6. The molecule has 2 amide bonds. The first-order valence-electron chi connectivity index (χ1n) is 9.14. The van der Waals surface area contributed by atoms with E-state index in [-0.39, 0.29) is 11.8 Å². The molecule has 29 heavy (non-hydrogen) atoms. The van der Waals surface area contributed by atoms with Crippen molar-refractivity contribution in [3.05, 3.63) is 48.0 Å². The summed E-state index contributed by atoms with van der Waals surface area (Å²) in [5, 5.41) is 15.8. The Kier molecular flexibility index (Phi) is 5.98. The number of anilines is 1. The van der Waals surface area contributed by atoms with Crippen molar-refractivity contribution in [2.24, 2.45) is 0 Å². The topological polar surface area (TPSA) is 79.1 Å². The summed E-state index contributed by atoms with van der Waals surface area (Å²) in [6.45, 7) is 1.87. The average molecular weight is 398 g/mol. The number of alkyl halides is 2. The van der Waals surface area contributed by atoms with Gasteiger partial charge in [0.25, 0.3) is 0 Å². The molecule has 0 radical (unpaired) electrons. The van der Waals surface area contributed by atoms with Crippen LogP contribution in [-0.4, -0.2) is 23.8 Å². The van der Waals surface area contributed by atoms with E-state index in [2.05, 4.69) is 21.4 Å². The van der Waals surface area contributed by atoms with Crippen molar-refractivity contribution in [2.75, 3.05) is 11.9 Å². The van der Waals surface area contributed by atoms with Gasteiger partial charge >= 0.3 is 12.6 Å². The molecule has 0 fully saturated rings. The van der Waals surface area contributed by atoms with Gasteiger partial charge in [0.15, 0.2) is 0 Å². The van der Waals surface area contributed by atoms with E-state index in [0.29, 0.717) is 40.9 Å². The highest BCUT2D eigenvalue weighted by molar-refractivity contribution is 5.95. The molecule has 0 aliphatic rings. The maximum atomic E-state index is 12.6. The second-order valence-corrected chi connectivity index (χ2v) is 6.20.